The highest BCUT2D eigenvalue weighted by Crippen LogP contribution is 2.56. The quantitative estimate of drug-likeness (QED) is 0.723. The van der Waals surface area contributed by atoms with Crippen LogP contribution in [0.2, 0.25) is 0 Å². The van der Waals surface area contributed by atoms with Crippen LogP contribution in [-0.2, 0) is 4.79 Å². The van der Waals surface area contributed by atoms with Crippen molar-refractivity contribution in [1.29, 1.82) is 0 Å². The van der Waals surface area contributed by atoms with E-state index in [2.05, 4.69) is 10.6 Å². The molecule has 2 saturated carbocycles. The minimum Gasteiger partial charge on any atom is -0.356 e. The van der Waals surface area contributed by atoms with Crippen molar-refractivity contribution in [3.8, 4) is 0 Å². The predicted octanol–water partition coefficient (Wildman–Crippen LogP) is 0.902. The van der Waals surface area contributed by atoms with Gasteiger partial charge in [0, 0.05) is 19.0 Å². The van der Waals surface area contributed by atoms with Crippen molar-refractivity contribution in [3.05, 3.63) is 0 Å². The molecule has 2 atom stereocenters. The molecule has 2 N–H and O–H groups in total. The lowest BCUT2D eigenvalue weighted by Crippen LogP contribution is -2.34. The fourth-order valence-electron chi connectivity index (χ4n) is 3.02. The Morgan fingerprint density at radius 2 is 2.33 bits per heavy atom. The van der Waals surface area contributed by atoms with E-state index in [9.17, 15) is 4.79 Å². The van der Waals surface area contributed by atoms with Gasteiger partial charge in [-0.1, -0.05) is 6.42 Å². The van der Waals surface area contributed by atoms with Gasteiger partial charge in [-0.2, -0.15) is 0 Å². The van der Waals surface area contributed by atoms with Gasteiger partial charge < -0.3 is 10.6 Å². The van der Waals surface area contributed by atoms with Crippen LogP contribution < -0.4 is 10.6 Å². The highest BCUT2D eigenvalue weighted by atomic mass is 16.2. The number of rotatable bonds is 3. The Morgan fingerprint density at radius 3 is 2.93 bits per heavy atom. The van der Waals surface area contributed by atoms with E-state index in [4.69, 9.17) is 0 Å². The number of nitrogens with one attached hydrogen (secondary N) is 2. The van der Waals surface area contributed by atoms with Crippen LogP contribution in [0.3, 0.4) is 0 Å². The zero-order chi connectivity index (χ0) is 10.3. The van der Waals surface area contributed by atoms with Crippen molar-refractivity contribution in [2.75, 3.05) is 19.6 Å². The molecule has 3 nitrogen and oxygen atoms in total. The molecule has 1 saturated heterocycles. The monoisotopic (exact) mass is 208 g/mol. The Labute approximate surface area is 91.0 Å². The molecule has 1 heterocycles. The van der Waals surface area contributed by atoms with Crippen molar-refractivity contribution < 1.29 is 4.79 Å². The minimum atomic E-state index is 0.325. The second-order valence-electron chi connectivity index (χ2n) is 5.59. The van der Waals surface area contributed by atoms with Crippen LogP contribution in [0, 0.1) is 17.3 Å². The first-order chi connectivity index (χ1) is 7.30. The molecule has 84 valence electrons. The summed E-state index contributed by atoms with van der Waals surface area (Å²) in [6.07, 6.45) is 6.32. The third kappa shape index (κ3) is 1.67. The molecule has 0 aromatic carbocycles. The highest BCUT2D eigenvalue weighted by Gasteiger charge is 2.58. The van der Waals surface area contributed by atoms with E-state index in [0.29, 0.717) is 17.2 Å². The van der Waals surface area contributed by atoms with Gasteiger partial charge in [0.05, 0.1) is 0 Å². The molecule has 3 fully saturated rings. The second kappa shape index (κ2) is 3.48. The van der Waals surface area contributed by atoms with Crippen molar-refractivity contribution >= 4 is 5.91 Å². The average molecular weight is 208 g/mol. The zero-order valence-corrected chi connectivity index (χ0v) is 9.22. The molecule has 15 heavy (non-hydrogen) atoms. The first kappa shape index (κ1) is 9.64. The molecule has 0 bridgehead atoms. The van der Waals surface area contributed by atoms with E-state index in [0.717, 1.165) is 32.0 Å². The number of hydrogen-bond acceptors (Lipinski definition) is 2. The standard InChI is InChI=1S/C12H20N2O/c15-11(14-7-9-2-1-3-9)10-6-12(10)4-5-13-8-12/h9-10,13H,1-8H2,(H,14,15). The van der Waals surface area contributed by atoms with Crippen LogP contribution in [0.5, 0.6) is 0 Å². The molecule has 0 radical (unpaired) electrons. The molecule has 0 aromatic rings. The maximum Gasteiger partial charge on any atom is 0.223 e. The zero-order valence-electron chi connectivity index (χ0n) is 9.22. The lowest BCUT2D eigenvalue weighted by molar-refractivity contribution is -0.123. The maximum atomic E-state index is 11.9. The largest absolute Gasteiger partial charge is 0.356 e. The molecule has 1 spiro atoms. The molecular weight excluding hydrogens is 188 g/mol. The van der Waals surface area contributed by atoms with E-state index >= 15 is 0 Å². The molecule has 3 aliphatic rings. The normalized spacial score (nSPS) is 39.1. The summed E-state index contributed by atoms with van der Waals surface area (Å²) in [5.74, 6) is 1.43. The van der Waals surface area contributed by atoms with Gasteiger partial charge in [-0.25, -0.2) is 0 Å². The predicted molar refractivity (Wildman–Crippen MR) is 58.4 cm³/mol. The number of amides is 1. The van der Waals surface area contributed by atoms with Crippen LogP contribution in [0.4, 0.5) is 0 Å². The Kier molecular flexibility index (Phi) is 2.23. The van der Waals surface area contributed by atoms with E-state index in [1.807, 2.05) is 0 Å². The summed E-state index contributed by atoms with van der Waals surface area (Å²) in [6.45, 7) is 3.10. The smallest absolute Gasteiger partial charge is 0.223 e. The van der Waals surface area contributed by atoms with E-state index in [1.165, 1.54) is 25.7 Å². The number of carbonyl (C=O) groups excluding carboxylic acids is 1. The fourth-order valence-corrected chi connectivity index (χ4v) is 3.02. The Balaban J connectivity index is 1.45. The molecule has 3 heteroatoms. The second-order valence-corrected chi connectivity index (χ2v) is 5.59. The van der Waals surface area contributed by atoms with Gasteiger partial charge >= 0.3 is 0 Å². The third-order valence-electron chi connectivity index (χ3n) is 4.57. The SMILES string of the molecule is O=C(NCC1CCC1)C1CC12CCNC2. The van der Waals surface area contributed by atoms with Crippen molar-refractivity contribution in [2.45, 2.75) is 32.1 Å². The summed E-state index contributed by atoms with van der Waals surface area (Å²) < 4.78 is 0. The first-order valence-corrected chi connectivity index (χ1v) is 6.29. The summed E-state index contributed by atoms with van der Waals surface area (Å²) in [7, 11) is 0. The van der Waals surface area contributed by atoms with Gasteiger partial charge in [0.2, 0.25) is 5.91 Å². The summed E-state index contributed by atoms with van der Waals surface area (Å²) in [4.78, 5) is 11.9. The molecule has 1 aliphatic heterocycles. The van der Waals surface area contributed by atoms with Crippen molar-refractivity contribution in [3.63, 3.8) is 0 Å². The van der Waals surface area contributed by atoms with Crippen LogP contribution in [0.1, 0.15) is 32.1 Å². The molecule has 2 unspecified atom stereocenters. The molecule has 1 amide bonds. The Bertz CT molecular complexity index is 267. The lowest BCUT2D eigenvalue weighted by Gasteiger charge is -2.25. The van der Waals surface area contributed by atoms with Gasteiger partial charge in [0.1, 0.15) is 0 Å². The van der Waals surface area contributed by atoms with Crippen LogP contribution in [0.15, 0.2) is 0 Å². The van der Waals surface area contributed by atoms with Gasteiger partial charge in [0.25, 0.3) is 0 Å². The minimum absolute atomic E-state index is 0.325. The fraction of sp³-hybridized carbons (Fsp3) is 0.917. The topological polar surface area (TPSA) is 41.1 Å². The van der Waals surface area contributed by atoms with Crippen LogP contribution in [0.25, 0.3) is 0 Å². The van der Waals surface area contributed by atoms with Crippen molar-refractivity contribution in [2.24, 2.45) is 17.3 Å². The van der Waals surface area contributed by atoms with E-state index in [-0.39, 0.29) is 0 Å². The molecule has 3 rings (SSSR count). The lowest BCUT2D eigenvalue weighted by atomic mass is 9.85. The van der Waals surface area contributed by atoms with Gasteiger partial charge in [-0.15, -0.1) is 0 Å². The van der Waals surface area contributed by atoms with Gasteiger partial charge in [0.15, 0.2) is 0 Å². The molecular formula is C12H20N2O. The van der Waals surface area contributed by atoms with Crippen molar-refractivity contribution in [1.82, 2.24) is 10.6 Å². The number of carbonyl (C=O) groups is 1. The maximum absolute atomic E-state index is 11.9. The Hall–Kier alpha value is -0.570. The summed E-state index contributed by atoms with van der Waals surface area (Å²) in [5.41, 5.74) is 0.365. The summed E-state index contributed by atoms with van der Waals surface area (Å²) >= 11 is 0. The number of hydrogen-bond donors (Lipinski definition) is 2. The third-order valence-corrected chi connectivity index (χ3v) is 4.57. The van der Waals surface area contributed by atoms with Gasteiger partial charge in [-0.05, 0) is 43.6 Å². The van der Waals surface area contributed by atoms with Crippen LogP contribution >= 0.6 is 0 Å². The van der Waals surface area contributed by atoms with Crippen LogP contribution in [-0.4, -0.2) is 25.5 Å². The summed E-state index contributed by atoms with van der Waals surface area (Å²) in [5, 5.41) is 6.50. The molecule has 0 aromatic heterocycles. The Morgan fingerprint density at radius 1 is 1.47 bits per heavy atom. The van der Waals surface area contributed by atoms with E-state index in [1.54, 1.807) is 0 Å². The van der Waals surface area contributed by atoms with Gasteiger partial charge in [-0.3, -0.25) is 4.79 Å². The first-order valence-electron chi connectivity index (χ1n) is 6.29. The molecule has 2 aliphatic carbocycles. The average Bonchev–Trinajstić information content (AvgIpc) is 2.62. The summed E-state index contributed by atoms with van der Waals surface area (Å²) in [6, 6.07) is 0. The van der Waals surface area contributed by atoms with E-state index < -0.39 is 0 Å². The highest BCUT2D eigenvalue weighted by molar-refractivity contribution is 5.82.